The van der Waals surface area contributed by atoms with E-state index < -0.39 is 16.3 Å². The summed E-state index contributed by atoms with van der Waals surface area (Å²) >= 11 is 2.65. The van der Waals surface area contributed by atoms with Crippen molar-refractivity contribution in [3.05, 3.63) is 39.8 Å². The molecule has 12 heteroatoms. The molecule has 8 nitrogen and oxygen atoms in total. The summed E-state index contributed by atoms with van der Waals surface area (Å²) < 4.78 is 25.3. The summed E-state index contributed by atoms with van der Waals surface area (Å²) in [5, 5.41) is 11.2. The second-order valence-corrected chi connectivity index (χ2v) is 3.59. The number of nitrogens with zero attached hydrogens (tertiary/aromatic N) is 3. The molecule has 0 unspecified atom stereocenters. The van der Waals surface area contributed by atoms with Crippen molar-refractivity contribution in [1.82, 2.24) is 9.97 Å². The summed E-state index contributed by atoms with van der Waals surface area (Å²) in [6.07, 6.45) is 1.32. The van der Waals surface area contributed by atoms with Gasteiger partial charge in [0, 0.05) is 17.5 Å². The summed E-state index contributed by atoms with van der Waals surface area (Å²) in [5.74, 6) is 0. The van der Waals surface area contributed by atoms with Gasteiger partial charge in [-0.2, -0.15) is 0 Å². The van der Waals surface area contributed by atoms with E-state index in [1.165, 1.54) is 18.5 Å². The van der Waals surface area contributed by atoms with Gasteiger partial charge >= 0.3 is 59.1 Å². The normalized spacial score (nSPS) is 9.00. The van der Waals surface area contributed by atoms with Gasteiger partial charge in [-0.05, 0) is 6.07 Å². The molecule has 0 N–H and O–H groups in total. The third kappa shape index (κ3) is 7.36. The van der Waals surface area contributed by atoms with Crippen LogP contribution in [0.4, 0.5) is 5.69 Å². The number of nitro benzene ring substituents is 1. The number of fused-ring (bicyclic) bond motifs is 1. The Morgan fingerprint density at radius 1 is 1.20 bits per heavy atom. The molecule has 0 amide bonds. The van der Waals surface area contributed by atoms with Crippen molar-refractivity contribution in [1.29, 1.82) is 0 Å². The van der Waals surface area contributed by atoms with E-state index in [4.69, 9.17) is 24.9 Å². The number of hydrogen-bond donors (Lipinski definition) is 0. The summed E-state index contributed by atoms with van der Waals surface area (Å²) in [4.78, 5) is 17.7. The third-order valence-electron chi connectivity index (χ3n) is 1.78. The van der Waals surface area contributed by atoms with Gasteiger partial charge in [-0.3, -0.25) is 14.3 Å². The summed E-state index contributed by atoms with van der Waals surface area (Å²) in [5.41, 5.74) is 0.574. The maximum Gasteiger partial charge on any atom is 1.00 e. The fourth-order valence-electron chi connectivity index (χ4n) is 1.13. The molecule has 0 aliphatic carbocycles. The van der Waals surface area contributed by atoms with Gasteiger partial charge in [0.2, 0.25) is 0 Å². The van der Waals surface area contributed by atoms with Crippen LogP contribution in [0.1, 0.15) is 0 Å². The van der Waals surface area contributed by atoms with E-state index in [2.05, 4.69) is 9.97 Å². The second-order valence-electron chi connectivity index (χ2n) is 2.83. The van der Waals surface area contributed by atoms with Gasteiger partial charge in [0.25, 0.3) is 5.69 Å². The van der Waals surface area contributed by atoms with Crippen LogP contribution in [-0.2, 0) is 11.4 Å². The van der Waals surface area contributed by atoms with E-state index in [0.717, 1.165) is 0 Å². The minimum absolute atomic E-state index is 0. The number of benzene rings is 1. The van der Waals surface area contributed by atoms with E-state index in [9.17, 15) is 10.1 Å². The fourth-order valence-corrected chi connectivity index (χ4v) is 1.32. The first-order valence-corrected chi connectivity index (χ1v) is 5.61. The van der Waals surface area contributed by atoms with Crippen molar-refractivity contribution in [2.24, 2.45) is 0 Å². The molecule has 0 aliphatic rings. The smallest absolute Gasteiger partial charge is 0.784 e. The van der Waals surface area contributed by atoms with Gasteiger partial charge in [0.05, 0.1) is 10.4 Å². The van der Waals surface area contributed by atoms with E-state index in [1.54, 1.807) is 6.07 Å². The Kier molecular flexibility index (Phi) is 12.4. The largest absolute Gasteiger partial charge is 1.00 e. The molecule has 0 saturated heterocycles. The maximum atomic E-state index is 10.5. The molecule has 2 aromatic rings. The van der Waals surface area contributed by atoms with Crippen molar-refractivity contribution >= 4 is 39.6 Å². The summed E-state index contributed by atoms with van der Waals surface area (Å²) in [6, 6.07) is 4.28. The first-order chi connectivity index (χ1) is 8.41. The zero-order chi connectivity index (χ0) is 13.7. The number of aromatic nitrogens is 2. The molecule has 96 valence electrons. The molecular formula is C8H4ClN3Na2O5S. The number of hydrogen-bond acceptors (Lipinski definition) is 7. The van der Waals surface area contributed by atoms with Gasteiger partial charge in [0.1, 0.15) is 11.5 Å². The van der Waals surface area contributed by atoms with Crippen LogP contribution in [-0.4, -0.2) is 28.2 Å². The van der Waals surface area contributed by atoms with Gasteiger partial charge < -0.3 is 9.11 Å². The van der Waals surface area contributed by atoms with Crippen LogP contribution in [0.5, 0.6) is 0 Å². The number of rotatable bonds is 1. The minimum atomic E-state index is -3.11. The molecule has 0 radical (unpaired) electrons. The zero-order valence-corrected chi connectivity index (χ0v) is 16.1. The molecule has 2 rings (SSSR count). The Bertz CT molecular complexity index is 614. The molecular weight excluding hydrogens is 332 g/mol. The second kappa shape index (κ2) is 11.0. The summed E-state index contributed by atoms with van der Waals surface area (Å²) in [6.45, 7) is 0. The monoisotopic (exact) mass is 335 g/mol. The van der Waals surface area contributed by atoms with Crippen molar-refractivity contribution in [3.63, 3.8) is 0 Å². The average molecular weight is 336 g/mol. The van der Waals surface area contributed by atoms with Gasteiger partial charge in [-0.25, -0.2) is 9.97 Å². The molecule has 0 atom stereocenters. The molecule has 1 aromatic carbocycles. The predicted octanol–water partition coefficient (Wildman–Crippen LogP) is -4.80. The average Bonchev–Trinajstić information content (AvgIpc) is 2.28. The zero-order valence-electron chi connectivity index (χ0n) is 10.5. The van der Waals surface area contributed by atoms with Crippen LogP contribution in [0.3, 0.4) is 0 Å². The van der Waals surface area contributed by atoms with Crippen molar-refractivity contribution in [2.75, 3.05) is 0 Å². The van der Waals surface area contributed by atoms with Crippen LogP contribution < -0.4 is 59.1 Å². The molecule has 0 bridgehead atoms. The molecule has 1 aromatic heterocycles. The SMILES string of the molecule is O=S([O-])[O-].O=[N+]([O-])c1ccc2ncnc(Cl)c2c1.[Na+].[Na+]. The van der Waals surface area contributed by atoms with Gasteiger partial charge in [-0.1, -0.05) is 11.6 Å². The quantitative estimate of drug-likeness (QED) is 0.168. The Labute approximate surface area is 165 Å². The van der Waals surface area contributed by atoms with Crippen molar-refractivity contribution in [2.45, 2.75) is 0 Å². The van der Waals surface area contributed by atoms with E-state index in [-0.39, 0.29) is 70.0 Å². The number of halogens is 1. The standard InChI is InChI=1S/C8H4ClN3O2.2Na.H2O3S/c9-8-6-3-5(12(13)14)1-2-7(6)10-4-11-8;;;1-4(2)3/h1-4H;;;(H2,1,2,3)/q;2*+1;/p-2. The predicted molar refractivity (Wildman–Crippen MR) is 60.9 cm³/mol. The Morgan fingerprint density at radius 2 is 1.75 bits per heavy atom. The van der Waals surface area contributed by atoms with Gasteiger partial charge in [-0.15, -0.1) is 11.4 Å². The van der Waals surface area contributed by atoms with Crippen LogP contribution in [0, 0.1) is 10.1 Å². The molecule has 0 spiro atoms. The van der Waals surface area contributed by atoms with E-state index >= 15 is 0 Å². The number of non-ortho nitro benzene ring substituents is 1. The molecule has 1 heterocycles. The molecule has 0 saturated carbocycles. The molecule has 20 heavy (non-hydrogen) atoms. The first kappa shape index (κ1) is 22.6. The fraction of sp³-hybridized carbons (Fsp3) is 0. The van der Waals surface area contributed by atoms with E-state index in [0.29, 0.717) is 10.9 Å². The van der Waals surface area contributed by atoms with Crippen molar-refractivity contribution in [3.8, 4) is 0 Å². The Morgan fingerprint density at radius 3 is 2.25 bits per heavy atom. The summed E-state index contributed by atoms with van der Waals surface area (Å²) in [7, 11) is 0. The molecule has 0 fully saturated rings. The van der Waals surface area contributed by atoms with Crippen LogP contribution in [0.15, 0.2) is 24.5 Å². The Balaban J connectivity index is 0. The molecule has 0 aliphatic heterocycles. The maximum absolute atomic E-state index is 10.5. The first-order valence-electron chi connectivity index (χ1n) is 4.23. The number of nitro groups is 1. The third-order valence-corrected chi connectivity index (χ3v) is 2.08. The van der Waals surface area contributed by atoms with Gasteiger partial charge in [0.15, 0.2) is 0 Å². The van der Waals surface area contributed by atoms with Crippen LogP contribution in [0.2, 0.25) is 5.15 Å². The topological polar surface area (TPSA) is 132 Å². The van der Waals surface area contributed by atoms with E-state index in [1.807, 2.05) is 0 Å². The van der Waals surface area contributed by atoms with Crippen LogP contribution in [0.25, 0.3) is 10.9 Å². The minimum Gasteiger partial charge on any atom is -0.784 e. The van der Waals surface area contributed by atoms with Crippen LogP contribution >= 0.6 is 11.6 Å². The van der Waals surface area contributed by atoms with Crippen molar-refractivity contribution < 1.29 is 77.4 Å². The Hall–Kier alpha value is 0.320.